The number of rotatable bonds is 5. The molecule has 2 heterocycles. The summed E-state index contributed by atoms with van der Waals surface area (Å²) in [6, 6.07) is 15.7. The van der Waals surface area contributed by atoms with Crippen LogP contribution in [0.5, 0.6) is 0 Å². The Labute approximate surface area is 163 Å². The number of carbonyl (C=O) groups excluding carboxylic acids is 1. The predicted molar refractivity (Wildman–Crippen MR) is 108 cm³/mol. The maximum Gasteiger partial charge on any atom is 0.272 e. The highest BCUT2D eigenvalue weighted by atomic mass is 19.1. The van der Waals surface area contributed by atoms with Crippen LogP contribution in [-0.2, 0) is 4.74 Å². The topological polar surface area (TPSA) is 57.4 Å². The fourth-order valence-corrected chi connectivity index (χ4v) is 3.44. The van der Waals surface area contributed by atoms with E-state index in [4.69, 9.17) is 4.74 Å². The van der Waals surface area contributed by atoms with E-state index < -0.39 is 0 Å². The first kappa shape index (κ1) is 18.3. The summed E-state index contributed by atoms with van der Waals surface area (Å²) in [5.74, 6) is -0.505. The average Bonchev–Trinajstić information content (AvgIpc) is 3.39. The standard InChI is InChI=1S/C22H22FN3O2/c1-28-20-10-11-26(14-20)19-8-6-18(7-9-19)25-22(27)21-12-16(13-24-21)15-2-4-17(23)5-3-15/h2-9,12-13,20,24H,10-11,14H2,1H3,(H,25,27). The number of amides is 1. The van der Waals surface area contributed by atoms with E-state index in [1.165, 1.54) is 12.1 Å². The van der Waals surface area contributed by atoms with Crippen molar-refractivity contribution in [2.45, 2.75) is 12.5 Å². The molecule has 2 N–H and O–H groups in total. The summed E-state index contributed by atoms with van der Waals surface area (Å²) >= 11 is 0. The van der Waals surface area contributed by atoms with Gasteiger partial charge < -0.3 is 19.9 Å². The molecule has 144 valence electrons. The van der Waals surface area contributed by atoms with Crippen LogP contribution in [0.25, 0.3) is 11.1 Å². The molecule has 5 nitrogen and oxygen atoms in total. The van der Waals surface area contributed by atoms with Crippen LogP contribution in [0, 0.1) is 5.82 Å². The molecule has 0 aliphatic carbocycles. The number of H-pyrrole nitrogens is 1. The van der Waals surface area contributed by atoms with Crippen molar-refractivity contribution in [3.8, 4) is 11.1 Å². The van der Waals surface area contributed by atoms with Crippen molar-refractivity contribution in [1.29, 1.82) is 0 Å². The van der Waals surface area contributed by atoms with Crippen LogP contribution in [0.1, 0.15) is 16.9 Å². The normalized spacial score (nSPS) is 16.4. The van der Waals surface area contributed by atoms with Gasteiger partial charge in [0.1, 0.15) is 11.5 Å². The Kier molecular flexibility index (Phi) is 5.12. The summed E-state index contributed by atoms with van der Waals surface area (Å²) in [7, 11) is 1.74. The van der Waals surface area contributed by atoms with Crippen molar-refractivity contribution < 1.29 is 13.9 Å². The molecule has 3 aromatic rings. The second kappa shape index (κ2) is 7.86. The van der Waals surface area contributed by atoms with Gasteiger partial charge >= 0.3 is 0 Å². The molecule has 1 aliphatic rings. The molecule has 1 atom stereocenters. The number of aromatic nitrogens is 1. The monoisotopic (exact) mass is 379 g/mol. The lowest BCUT2D eigenvalue weighted by molar-refractivity contribution is 0.102. The molecule has 0 bridgehead atoms. The minimum atomic E-state index is -0.285. The molecule has 1 aliphatic heterocycles. The molecule has 2 aromatic carbocycles. The lowest BCUT2D eigenvalue weighted by Gasteiger charge is -2.18. The molecule has 1 amide bonds. The van der Waals surface area contributed by atoms with Crippen LogP contribution in [0.3, 0.4) is 0 Å². The molecule has 28 heavy (non-hydrogen) atoms. The van der Waals surface area contributed by atoms with E-state index >= 15 is 0 Å². The molecule has 6 heteroatoms. The third-order valence-corrected chi connectivity index (χ3v) is 5.07. The second-order valence-electron chi connectivity index (χ2n) is 6.90. The zero-order chi connectivity index (χ0) is 19.5. The Morgan fingerprint density at radius 1 is 1.14 bits per heavy atom. The highest BCUT2D eigenvalue weighted by Gasteiger charge is 2.22. The molecule has 0 saturated carbocycles. The molecule has 1 aromatic heterocycles. The van der Waals surface area contributed by atoms with E-state index in [0.29, 0.717) is 5.69 Å². The average molecular weight is 379 g/mol. The minimum Gasteiger partial charge on any atom is -0.380 e. The number of halogens is 1. The lowest BCUT2D eigenvalue weighted by Crippen LogP contribution is -2.22. The van der Waals surface area contributed by atoms with Crippen LogP contribution in [-0.4, -0.2) is 37.2 Å². The zero-order valence-corrected chi connectivity index (χ0v) is 15.6. The van der Waals surface area contributed by atoms with Crippen LogP contribution in [0.4, 0.5) is 15.8 Å². The van der Waals surface area contributed by atoms with Gasteiger partial charge in [-0.25, -0.2) is 4.39 Å². The molecule has 1 unspecified atom stereocenters. The van der Waals surface area contributed by atoms with Gasteiger partial charge in [0.15, 0.2) is 0 Å². The molecular weight excluding hydrogens is 357 g/mol. The van der Waals surface area contributed by atoms with Gasteiger partial charge in [-0.1, -0.05) is 12.1 Å². The lowest BCUT2D eigenvalue weighted by atomic mass is 10.1. The summed E-state index contributed by atoms with van der Waals surface area (Å²) in [6.45, 7) is 1.86. The van der Waals surface area contributed by atoms with Gasteiger partial charge in [-0.05, 0) is 60.0 Å². The van der Waals surface area contributed by atoms with E-state index in [-0.39, 0.29) is 17.8 Å². The Morgan fingerprint density at radius 3 is 2.57 bits per heavy atom. The highest BCUT2D eigenvalue weighted by molar-refractivity contribution is 6.03. The van der Waals surface area contributed by atoms with Crippen LogP contribution in [0.2, 0.25) is 0 Å². The van der Waals surface area contributed by atoms with E-state index in [1.54, 1.807) is 31.5 Å². The summed E-state index contributed by atoms with van der Waals surface area (Å²) in [5.41, 5.74) is 3.99. The van der Waals surface area contributed by atoms with Crippen LogP contribution >= 0.6 is 0 Å². The first-order valence-corrected chi connectivity index (χ1v) is 9.26. The summed E-state index contributed by atoms with van der Waals surface area (Å²) < 4.78 is 18.5. The van der Waals surface area contributed by atoms with Crippen molar-refractivity contribution in [2.24, 2.45) is 0 Å². The van der Waals surface area contributed by atoms with Gasteiger partial charge in [-0.2, -0.15) is 0 Å². The van der Waals surface area contributed by atoms with Crippen molar-refractivity contribution >= 4 is 17.3 Å². The van der Waals surface area contributed by atoms with Gasteiger partial charge in [0.2, 0.25) is 0 Å². The van der Waals surface area contributed by atoms with Crippen LogP contribution < -0.4 is 10.2 Å². The number of ether oxygens (including phenoxy) is 1. The SMILES string of the molecule is COC1CCN(c2ccc(NC(=O)c3cc(-c4ccc(F)cc4)c[nH]3)cc2)C1. The number of nitrogens with one attached hydrogen (secondary N) is 2. The van der Waals surface area contributed by atoms with Crippen molar-refractivity contribution in [3.05, 3.63) is 72.3 Å². The van der Waals surface area contributed by atoms with E-state index in [2.05, 4.69) is 15.2 Å². The minimum absolute atomic E-state index is 0.221. The fraction of sp³-hybridized carbons (Fsp3) is 0.227. The van der Waals surface area contributed by atoms with E-state index in [1.807, 2.05) is 24.3 Å². The van der Waals surface area contributed by atoms with Gasteiger partial charge in [0.25, 0.3) is 5.91 Å². The van der Waals surface area contributed by atoms with E-state index in [0.717, 1.165) is 42.0 Å². The van der Waals surface area contributed by atoms with Gasteiger partial charge in [0.05, 0.1) is 6.10 Å². The van der Waals surface area contributed by atoms with Gasteiger partial charge in [-0.15, -0.1) is 0 Å². The third kappa shape index (κ3) is 3.92. The van der Waals surface area contributed by atoms with Crippen molar-refractivity contribution in [2.75, 3.05) is 30.4 Å². The number of anilines is 2. The van der Waals surface area contributed by atoms with Crippen LogP contribution in [0.15, 0.2) is 60.8 Å². The third-order valence-electron chi connectivity index (χ3n) is 5.07. The first-order valence-electron chi connectivity index (χ1n) is 9.26. The molecule has 4 rings (SSSR count). The summed E-state index contributed by atoms with van der Waals surface area (Å²) in [4.78, 5) is 17.8. The number of methoxy groups -OCH3 is 1. The summed E-state index contributed by atoms with van der Waals surface area (Å²) in [6.07, 6.45) is 3.05. The number of benzene rings is 2. The van der Waals surface area contributed by atoms with Crippen molar-refractivity contribution in [1.82, 2.24) is 4.98 Å². The van der Waals surface area contributed by atoms with Crippen molar-refractivity contribution in [3.63, 3.8) is 0 Å². The molecule has 1 fully saturated rings. The Morgan fingerprint density at radius 2 is 1.89 bits per heavy atom. The first-order chi connectivity index (χ1) is 13.6. The Bertz CT molecular complexity index is 951. The second-order valence-corrected chi connectivity index (χ2v) is 6.90. The largest absolute Gasteiger partial charge is 0.380 e. The number of hydrogen-bond acceptors (Lipinski definition) is 3. The predicted octanol–water partition coefficient (Wildman–Crippen LogP) is 4.30. The number of nitrogens with zero attached hydrogens (tertiary/aromatic N) is 1. The molecular formula is C22H22FN3O2. The Hall–Kier alpha value is -3.12. The fourth-order valence-electron chi connectivity index (χ4n) is 3.44. The maximum absolute atomic E-state index is 13.1. The zero-order valence-electron chi connectivity index (χ0n) is 15.6. The number of hydrogen-bond donors (Lipinski definition) is 2. The number of aromatic amines is 1. The molecule has 0 spiro atoms. The molecule has 1 saturated heterocycles. The highest BCUT2D eigenvalue weighted by Crippen LogP contribution is 2.24. The summed E-state index contributed by atoms with van der Waals surface area (Å²) in [5, 5.41) is 2.90. The quantitative estimate of drug-likeness (QED) is 0.695. The van der Waals surface area contributed by atoms with E-state index in [9.17, 15) is 9.18 Å². The molecule has 0 radical (unpaired) electrons. The number of carbonyl (C=O) groups is 1. The Balaban J connectivity index is 1.40. The maximum atomic E-state index is 13.1. The smallest absolute Gasteiger partial charge is 0.272 e. The van der Waals surface area contributed by atoms with Gasteiger partial charge in [0, 0.05) is 37.8 Å². The van der Waals surface area contributed by atoms with Gasteiger partial charge in [-0.3, -0.25) is 4.79 Å².